The largest absolute Gasteiger partial charge is 0.393 e. The molecule has 0 aromatic heterocycles. The summed E-state index contributed by atoms with van der Waals surface area (Å²) in [5.74, 6) is 2.09. The van der Waals surface area contributed by atoms with Gasteiger partial charge in [0, 0.05) is 6.42 Å². The molecule has 3 aliphatic rings. The van der Waals surface area contributed by atoms with Gasteiger partial charge in [-0.3, -0.25) is 0 Å². The van der Waals surface area contributed by atoms with Crippen LogP contribution in [0.15, 0.2) is 35.5 Å². The number of hydrogen-bond acceptors (Lipinski definition) is 3. The topological polar surface area (TPSA) is 60.7 Å². The molecule has 194 valence electrons. The molecule has 3 nitrogen and oxygen atoms in total. The van der Waals surface area contributed by atoms with Crippen molar-refractivity contribution in [3.8, 4) is 0 Å². The predicted octanol–water partition coefficient (Wildman–Crippen LogP) is 7.27. The first-order chi connectivity index (χ1) is 16.1. The third-order valence-electron chi connectivity index (χ3n) is 9.60. The monoisotopic (exact) mass is 472 g/mol. The Hall–Kier alpha value is -0.900. The maximum atomic E-state index is 11.0. The molecule has 7 atom stereocenters. The van der Waals surface area contributed by atoms with Crippen LogP contribution in [0, 0.1) is 23.2 Å². The molecular weight excluding hydrogens is 420 g/mol. The Bertz CT molecular complexity index is 750. The highest BCUT2D eigenvalue weighted by atomic mass is 16.3. The van der Waals surface area contributed by atoms with Crippen molar-refractivity contribution in [2.45, 2.75) is 135 Å². The fourth-order valence-electron chi connectivity index (χ4n) is 7.91. The van der Waals surface area contributed by atoms with Crippen molar-refractivity contribution in [1.82, 2.24) is 0 Å². The summed E-state index contributed by atoms with van der Waals surface area (Å²) in [5, 5.41) is 31.0. The molecule has 3 saturated carbocycles. The lowest BCUT2D eigenvalue weighted by atomic mass is 9.60. The zero-order chi connectivity index (χ0) is 24.9. The van der Waals surface area contributed by atoms with Crippen LogP contribution in [0.1, 0.15) is 118 Å². The number of hydrogen-bond donors (Lipinski definition) is 3. The van der Waals surface area contributed by atoms with Crippen molar-refractivity contribution in [1.29, 1.82) is 0 Å². The lowest BCUT2D eigenvalue weighted by Gasteiger charge is -2.44. The Morgan fingerprint density at radius 3 is 2.62 bits per heavy atom. The second-order valence-electron chi connectivity index (χ2n) is 12.4. The van der Waals surface area contributed by atoms with Gasteiger partial charge in [-0.25, -0.2) is 0 Å². The normalized spacial score (nSPS) is 35.9. The number of allylic oxidation sites excluding steroid dienone is 4. The van der Waals surface area contributed by atoms with Crippen LogP contribution in [0.4, 0.5) is 0 Å². The average Bonchev–Trinajstić information content (AvgIpc) is 3.11. The van der Waals surface area contributed by atoms with Gasteiger partial charge in [0.25, 0.3) is 0 Å². The molecule has 3 fully saturated rings. The molecule has 34 heavy (non-hydrogen) atoms. The Kier molecular flexibility index (Phi) is 9.68. The minimum absolute atomic E-state index is 0.209. The van der Waals surface area contributed by atoms with Crippen LogP contribution in [0.3, 0.4) is 0 Å². The summed E-state index contributed by atoms with van der Waals surface area (Å²) in [6.07, 6.45) is 18.2. The van der Waals surface area contributed by atoms with Gasteiger partial charge in [0.1, 0.15) is 0 Å². The van der Waals surface area contributed by atoms with E-state index in [9.17, 15) is 15.3 Å². The molecule has 3 rings (SSSR count). The predicted molar refractivity (Wildman–Crippen MR) is 143 cm³/mol. The minimum atomic E-state index is -0.713. The fourth-order valence-corrected chi connectivity index (χ4v) is 7.91. The Labute approximate surface area is 209 Å². The summed E-state index contributed by atoms with van der Waals surface area (Å²) in [6.45, 7) is 13.1. The van der Waals surface area contributed by atoms with Gasteiger partial charge in [-0.05, 0) is 99.9 Å². The molecular formula is C31H52O3. The van der Waals surface area contributed by atoms with Crippen molar-refractivity contribution in [2.24, 2.45) is 23.2 Å². The Balaban J connectivity index is 1.63. The van der Waals surface area contributed by atoms with Crippen LogP contribution < -0.4 is 0 Å². The number of aliphatic hydroxyl groups is 3. The molecule has 0 heterocycles. The van der Waals surface area contributed by atoms with Crippen LogP contribution in [-0.4, -0.2) is 33.1 Å². The summed E-state index contributed by atoms with van der Waals surface area (Å²) < 4.78 is 0. The summed E-state index contributed by atoms with van der Waals surface area (Å²) in [7, 11) is 0. The van der Waals surface area contributed by atoms with Crippen molar-refractivity contribution in [3.63, 3.8) is 0 Å². The van der Waals surface area contributed by atoms with Gasteiger partial charge in [0.2, 0.25) is 0 Å². The van der Waals surface area contributed by atoms with Crippen molar-refractivity contribution in [3.05, 3.63) is 35.5 Å². The second-order valence-corrected chi connectivity index (χ2v) is 12.4. The molecule has 0 spiro atoms. The van der Waals surface area contributed by atoms with Gasteiger partial charge in [-0.15, -0.1) is 0 Å². The molecule has 0 aliphatic heterocycles. The van der Waals surface area contributed by atoms with Crippen LogP contribution in [0.25, 0.3) is 0 Å². The molecule has 3 N–H and O–H groups in total. The van der Waals surface area contributed by atoms with E-state index in [-0.39, 0.29) is 6.10 Å². The molecule has 0 radical (unpaired) electrons. The summed E-state index contributed by atoms with van der Waals surface area (Å²) >= 11 is 0. The quantitative estimate of drug-likeness (QED) is 0.313. The average molecular weight is 473 g/mol. The molecule has 0 saturated heterocycles. The lowest BCUT2D eigenvalue weighted by Crippen LogP contribution is -2.36. The van der Waals surface area contributed by atoms with Gasteiger partial charge in [-0.2, -0.15) is 0 Å². The van der Waals surface area contributed by atoms with Crippen molar-refractivity contribution in [2.75, 3.05) is 0 Å². The van der Waals surface area contributed by atoms with Gasteiger partial charge in [0.15, 0.2) is 0 Å². The second kappa shape index (κ2) is 11.9. The zero-order valence-corrected chi connectivity index (χ0v) is 22.5. The third kappa shape index (κ3) is 6.65. The van der Waals surface area contributed by atoms with E-state index in [0.29, 0.717) is 23.7 Å². The number of rotatable bonds is 10. The highest BCUT2D eigenvalue weighted by molar-refractivity contribution is 5.36. The molecule has 3 heteroatoms. The smallest absolute Gasteiger partial charge is 0.0672 e. The van der Waals surface area contributed by atoms with E-state index in [0.717, 1.165) is 50.9 Å². The standard InChI is InChI=1S/C31H52O3/c1-6-17-31(34,21-24(4)32)19-7-9-23(3)28-15-16-29-25(10-8-18-30(28,29)5)12-13-26-20-27(33)14-11-22(26)2/h12-13,23-24,27-29,32-34H,2,6-11,14-21H2,1,3-5H3/b25-12?,26-13-/t23-,24?,27+,28-,29?,30-,31?/m1/s1. The first-order valence-corrected chi connectivity index (χ1v) is 14.2. The first kappa shape index (κ1) is 27.7. The Morgan fingerprint density at radius 2 is 1.91 bits per heavy atom. The van der Waals surface area contributed by atoms with Crippen LogP contribution in [0.5, 0.6) is 0 Å². The highest BCUT2D eigenvalue weighted by Gasteiger charge is 2.50. The van der Waals surface area contributed by atoms with E-state index in [1.165, 1.54) is 49.7 Å². The van der Waals surface area contributed by atoms with E-state index >= 15 is 0 Å². The number of fused-ring (bicyclic) bond motifs is 1. The third-order valence-corrected chi connectivity index (χ3v) is 9.60. The molecule has 3 aliphatic carbocycles. The van der Waals surface area contributed by atoms with Crippen LogP contribution in [0.2, 0.25) is 0 Å². The van der Waals surface area contributed by atoms with Crippen molar-refractivity contribution < 1.29 is 15.3 Å². The summed E-state index contributed by atoms with van der Waals surface area (Å²) in [4.78, 5) is 0. The van der Waals surface area contributed by atoms with Crippen molar-refractivity contribution >= 4 is 0 Å². The highest BCUT2D eigenvalue weighted by Crippen LogP contribution is 2.60. The van der Waals surface area contributed by atoms with Gasteiger partial charge in [0.05, 0.1) is 17.8 Å². The summed E-state index contributed by atoms with van der Waals surface area (Å²) in [5.41, 5.74) is 3.74. The maximum absolute atomic E-state index is 11.0. The maximum Gasteiger partial charge on any atom is 0.0672 e. The van der Waals surface area contributed by atoms with Gasteiger partial charge >= 0.3 is 0 Å². The lowest BCUT2D eigenvalue weighted by molar-refractivity contribution is -0.0233. The Morgan fingerprint density at radius 1 is 1.15 bits per heavy atom. The number of aliphatic hydroxyl groups excluding tert-OH is 2. The molecule has 0 bridgehead atoms. The first-order valence-electron chi connectivity index (χ1n) is 14.2. The van der Waals surface area contributed by atoms with Crippen LogP contribution in [-0.2, 0) is 0 Å². The van der Waals surface area contributed by atoms with Gasteiger partial charge in [-0.1, -0.05) is 69.9 Å². The van der Waals surface area contributed by atoms with E-state index < -0.39 is 11.7 Å². The summed E-state index contributed by atoms with van der Waals surface area (Å²) in [6, 6.07) is 0. The molecule has 0 aromatic carbocycles. The molecule has 0 amide bonds. The minimum Gasteiger partial charge on any atom is -0.393 e. The van der Waals surface area contributed by atoms with Crippen LogP contribution >= 0.6 is 0 Å². The molecule has 0 aromatic rings. The van der Waals surface area contributed by atoms with Gasteiger partial charge < -0.3 is 15.3 Å². The zero-order valence-electron chi connectivity index (χ0n) is 22.5. The van der Waals surface area contributed by atoms with E-state index in [2.05, 4.69) is 39.5 Å². The van der Waals surface area contributed by atoms with E-state index in [4.69, 9.17) is 0 Å². The van der Waals surface area contributed by atoms with E-state index in [1.54, 1.807) is 12.5 Å². The molecule has 3 unspecified atom stereocenters. The fraction of sp³-hybridized carbons (Fsp3) is 0.806. The van der Waals surface area contributed by atoms with E-state index in [1.807, 2.05) is 0 Å². The SMILES string of the molecule is C=C1CC[C@H](O)C/C1=C/C=C1CCC[C@@]2(C)C1CC[C@@H]2[C@H](C)CCCC(O)(CCC)CC(C)O.